The van der Waals surface area contributed by atoms with Crippen LogP contribution in [-0.4, -0.2) is 73.4 Å². The number of aliphatic hydroxyl groups is 1. The average Bonchev–Trinajstić information content (AvgIpc) is 3.31. The van der Waals surface area contributed by atoms with Crippen LogP contribution in [0.1, 0.15) is 29.4 Å². The largest absolute Gasteiger partial charge is 0.490 e. The van der Waals surface area contributed by atoms with Crippen LogP contribution in [0, 0.1) is 0 Å². The molecule has 2 aromatic carbocycles. The highest BCUT2D eigenvalue weighted by atomic mass is 19.4. The minimum absolute atomic E-state index is 0.0434. The first-order chi connectivity index (χ1) is 17.9. The molecule has 3 aromatic rings. The van der Waals surface area contributed by atoms with E-state index in [0.29, 0.717) is 11.3 Å². The van der Waals surface area contributed by atoms with Gasteiger partial charge in [-0.05, 0) is 35.2 Å². The number of nitrogens with one attached hydrogen (secondary N) is 1. The predicted molar refractivity (Wildman–Crippen MR) is 125 cm³/mol. The molecule has 0 saturated heterocycles. The van der Waals surface area contributed by atoms with Crippen LogP contribution in [0.25, 0.3) is 11.1 Å². The number of carbonyl (C=O) groups is 3. The number of aromatic nitrogens is 3. The van der Waals surface area contributed by atoms with Crippen LogP contribution in [0.5, 0.6) is 0 Å². The third kappa shape index (κ3) is 9.54. The fourth-order valence-electron chi connectivity index (χ4n) is 3.16. The van der Waals surface area contributed by atoms with Gasteiger partial charge in [0.2, 0.25) is 0 Å². The fourth-order valence-corrected chi connectivity index (χ4v) is 3.16. The normalized spacial score (nSPS) is 12.4. The Balaban J connectivity index is 0.000000638. The summed E-state index contributed by atoms with van der Waals surface area (Å²) in [5, 5.41) is 36.2. The number of carboxylic acids is 1. The number of carboxylic acid groups (broad SMARTS) is 1. The van der Waals surface area contributed by atoms with Crippen LogP contribution in [0.15, 0.2) is 60.8 Å². The molecule has 2 atom stereocenters. The number of hydrogen-bond donors (Lipinski definition) is 4. The Morgan fingerprint density at radius 1 is 1.05 bits per heavy atom. The molecule has 0 bridgehead atoms. The van der Waals surface area contributed by atoms with E-state index in [1.165, 1.54) is 0 Å². The number of halogens is 3. The lowest BCUT2D eigenvalue weighted by Crippen LogP contribution is -2.41. The van der Waals surface area contributed by atoms with Crippen LogP contribution in [0.4, 0.5) is 13.2 Å². The summed E-state index contributed by atoms with van der Waals surface area (Å²) in [6, 6.07) is 17.1. The molecule has 14 heteroatoms. The van der Waals surface area contributed by atoms with E-state index in [4.69, 9.17) is 14.6 Å². The lowest BCUT2D eigenvalue weighted by atomic mass is 9.97. The lowest BCUT2D eigenvalue weighted by Gasteiger charge is -2.21. The second kappa shape index (κ2) is 13.7. The van der Waals surface area contributed by atoms with Gasteiger partial charge in [-0.1, -0.05) is 59.4 Å². The molecular weight excluding hydrogens is 513 g/mol. The summed E-state index contributed by atoms with van der Waals surface area (Å²) < 4.78 is 36.6. The molecule has 4 N–H and O–H groups in total. The number of nitrogens with zero attached hydrogens (tertiary/aromatic N) is 3. The van der Waals surface area contributed by atoms with Crippen molar-refractivity contribution in [3.8, 4) is 11.1 Å². The van der Waals surface area contributed by atoms with Gasteiger partial charge in [0.25, 0.3) is 5.91 Å². The van der Waals surface area contributed by atoms with Crippen molar-refractivity contribution in [1.29, 1.82) is 0 Å². The van der Waals surface area contributed by atoms with Crippen LogP contribution in [0.3, 0.4) is 0 Å². The Morgan fingerprint density at radius 3 is 2.13 bits per heavy atom. The molecule has 0 spiro atoms. The quantitative estimate of drug-likeness (QED) is 0.237. The maximum absolute atomic E-state index is 12.4. The Hall–Kier alpha value is -4.46. The van der Waals surface area contributed by atoms with Gasteiger partial charge in [0.15, 0.2) is 11.8 Å². The van der Waals surface area contributed by atoms with Gasteiger partial charge < -0.3 is 25.5 Å². The number of rotatable bonds is 9. The van der Waals surface area contributed by atoms with Crippen LogP contribution >= 0.6 is 0 Å². The summed E-state index contributed by atoms with van der Waals surface area (Å²) in [6.07, 6.45) is -5.09. The molecule has 0 saturated carbocycles. The minimum atomic E-state index is -5.08. The van der Waals surface area contributed by atoms with E-state index in [1.54, 1.807) is 6.92 Å². The van der Waals surface area contributed by atoms with Crippen LogP contribution in [0.2, 0.25) is 0 Å². The Morgan fingerprint density at radius 2 is 1.63 bits per heavy atom. The SMILES string of the molecule is CCOC(=O)[C@H](O)C[C@@H](Cc1ccc(-c2ccccc2)cc1)NC(=O)c1cn(O)nn1.O=C(O)C(F)(F)F. The second-order valence-corrected chi connectivity index (χ2v) is 7.77. The van der Waals surface area contributed by atoms with Crippen molar-refractivity contribution in [1.82, 2.24) is 20.5 Å². The highest BCUT2D eigenvalue weighted by Gasteiger charge is 2.38. The number of aliphatic carboxylic acids is 1. The Kier molecular flexibility index (Phi) is 10.8. The first kappa shape index (κ1) is 29.8. The third-order valence-corrected chi connectivity index (χ3v) is 4.90. The van der Waals surface area contributed by atoms with E-state index in [0.717, 1.165) is 22.9 Å². The van der Waals surface area contributed by atoms with E-state index in [-0.39, 0.29) is 18.7 Å². The van der Waals surface area contributed by atoms with Crippen LogP contribution < -0.4 is 5.32 Å². The van der Waals surface area contributed by atoms with Gasteiger partial charge in [0.1, 0.15) is 0 Å². The molecular formula is C24H25F3N4O7. The summed E-state index contributed by atoms with van der Waals surface area (Å²) >= 11 is 0. The molecule has 3 rings (SSSR count). The predicted octanol–water partition coefficient (Wildman–Crippen LogP) is 2.47. The van der Waals surface area contributed by atoms with Crippen molar-refractivity contribution in [2.24, 2.45) is 0 Å². The van der Waals surface area contributed by atoms with Crippen molar-refractivity contribution in [3.05, 3.63) is 72.1 Å². The van der Waals surface area contributed by atoms with Gasteiger partial charge in [-0.3, -0.25) is 4.79 Å². The molecule has 0 unspecified atom stereocenters. The first-order valence-corrected chi connectivity index (χ1v) is 11.1. The molecule has 1 amide bonds. The van der Waals surface area contributed by atoms with Crippen molar-refractivity contribution in [2.45, 2.75) is 38.1 Å². The van der Waals surface area contributed by atoms with E-state index in [9.17, 15) is 33.1 Å². The first-order valence-electron chi connectivity index (χ1n) is 11.1. The number of hydrogen-bond acceptors (Lipinski definition) is 8. The van der Waals surface area contributed by atoms with E-state index in [1.807, 2.05) is 54.6 Å². The molecule has 0 aliphatic heterocycles. The highest BCUT2D eigenvalue weighted by Crippen LogP contribution is 2.20. The number of amides is 1. The molecule has 0 aliphatic carbocycles. The van der Waals surface area contributed by atoms with Crippen molar-refractivity contribution >= 4 is 17.8 Å². The number of aliphatic hydroxyl groups excluding tert-OH is 1. The van der Waals surface area contributed by atoms with Crippen molar-refractivity contribution < 1.29 is 47.7 Å². The van der Waals surface area contributed by atoms with E-state index < -0.39 is 36.2 Å². The minimum Gasteiger partial charge on any atom is -0.475 e. The Labute approximate surface area is 214 Å². The molecule has 0 aliphatic rings. The molecule has 0 radical (unpaired) electrons. The Bertz CT molecular complexity index is 1200. The lowest BCUT2D eigenvalue weighted by molar-refractivity contribution is -0.192. The molecule has 1 heterocycles. The third-order valence-electron chi connectivity index (χ3n) is 4.90. The zero-order valence-corrected chi connectivity index (χ0v) is 20.0. The number of benzene rings is 2. The smallest absolute Gasteiger partial charge is 0.475 e. The molecule has 204 valence electrons. The van der Waals surface area contributed by atoms with Gasteiger partial charge in [-0.2, -0.15) is 13.2 Å². The topological polar surface area (TPSA) is 164 Å². The standard InChI is InChI=1S/C22H24N4O5.C2HF3O2/c1-2-31-22(29)20(27)13-18(23-21(28)19-14-26(30)25-24-19)12-15-8-10-17(11-9-15)16-6-4-3-5-7-16;3-2(4,5)1(6)7/h3-11,14,18,20,27,30H,2,12-13H2,1H3,(H,23,28);(H,6,7)/t18-,20-;/m1./s1. The summed E-state index contributed by atoms with van der Waals surface area (Å²) in [7, 11) is 0. The van der Waals surface area contributed by atoms with Gasteiger partial charge in [-0.15, -0.1) is 5.10 Å². The van der Waals surface area contributed by atoms with Crippen molar-refractivity contribution in [2.75, 3.05) is 6.61 Å². The number of ether oxygens (including phenoxy) is 1. The summed E-state index contributed by atoms with van der Waals surface area (Å²) in [4.78, 5) is 33.6. The highest BCUT2D eigenvalue weighted by molar-refractivity contribution is 5.92. The van der Waals surface area contributed by atoms with Crippen molar-refractivity contribution in [3.63, 3.8) is 0 Å². The molecule has 38 heavy (non-hydrogen) atoms. The monoisotopic (exact) mass is 538 g/mol. The van der Waals surface area contributed by atoms with Gasteiger partial charge in [-0.25, -0.2) is 9.59 Å². The molecule has 11 nitrogen and oxygen atoms in total. The summed E-state index contributed by atoms with van der Waals surface area (Å²) in [5.74, 6) is -4.09. The molecule has 1 aromatic heterocycles. The maximum Gasteiger partial charge on any atom is 0.490 e. The maximum atomic E-state index is 12.4. The summed E-state index contributed by atoms with van der Waals surface area (Å²) in [6.45, 7) is 1.80. The van der Waals surface area contributed by atoms with Crippen LogP contribution in [-0.2, 0) is 20.7 Å². The fraction of sp³-hybridized carbons (Fsp3) is 0.292. The summed E-state index contributed by atoms with van der Waals surface area (Å²) in [5.41, 5.74) is 2.96. The molecule has 0 fully saturated rings. The second-order valence-electron chi connectivity index (χ2n) is 7.77. The van der Waals surface area contributed by atoms with E-state index >= 15 is 0 Å². The number of alkyl halides is 3. The number of esters is 1. The number of carbonyl (C=O) groups excluding carboxylic acids is 2. The van der Waals surface area contributed by atoms with Gasteiger partial charge in [0, 0.05) is 12.5 Å². The van der Waals surface area contributed by atoms with E-state index in [2.05, 4.69) is 15.6 Å². The average molecular weight is 538 g/mol. The van der Waals surface area contributed by atoms with Gasteiger partial charge in [0.05, 0.1) is 12.8 Å². The van der Waals surface area contributed by atoms with Gasteiger partial charge >= 0.3 is 18.1 Å². The zero-order valence-electron chi connectivity index (χ0n) is 20.0. The zero-order chi connectivity index (χ0) is 28.3.